The molecule has 0 atom stereocenters. The molecule has 0 aliphatic heterocycles. The van der Waals surface area contributed by atoms with Gasteiger partial charge in [-0.1, -0.05) is 30.3 Å². The summed E-state index contributed by atoms with van der Waals surface area (Å²) in [6.45, 7) is 0. The summed E-state index contributed by atoms with van der Waals surface area (Å²) in [7, 11) is 0. The highest BCUT2D eigenvalue weighted by Crippen LogP contribution is 2.37. The maximum atomic E-state index is 13.6. The standard InChI is InChI=1S/C14H7F7/c15-10-8(6-7-4-2-1-3-5-7)11(16)13(18)9(12(10)17)14(19,20)21/h1-5H,6H2. The summed E-state index contributed by atoms with van der Waals surface area (Å²) in [6, 6.07) is 7.48. The molecule has 0 nitrogen and oxygen atoms in total. The van der Waals surface area contributed by atoms with Crippen LogP contribution in [0.3, 0.4) is 0 Å². The molecule has 0 unspecified atom stereocenters. The molecule has 0 aromatic heterocycles. The number of benzene rings is 2. The molecular formula is C14H7F7. The van der Waals surface area contributed by atoms with Crippen molar-refractivity contribution >= 4 is 0 Å². The van der Waals surface area contributed by atoms with E-state index < -0.39 is 47.0 Å². The van der Waals surface area contributed by atoms with Gasteiger partial charge in [0.15, 0.2) is 23.3 Å². The predicted molar refractivity (Wildman–Crippen MR) is 60.5 cm³/mol. The third-order valence-corrected chi connectivity index (χ3v) is 2.86. The minimum Gasteiger partial charge on any atom is -0.203 e. The molecule has 2 rings (SSSR count). The van der Waals surface area contributed by atoms with E-state index in [0.717, 1.165) is 0 Å². The van der Waals surface area contributed by atoms with Gasteiger partial charge >= 0.3 is 6.18 Å². The van der Waals surface area contributed by atoms with Crippen molar-refractivity contribution in [3.8, 4) is 0 Å². The topological polar surface area (TPSA) is 0 Å². The molecule has 0 heterocycles. The fraction of sp³-hybridized carbons (Fsp3) is 0.143. The average molecular weight is 308 g/mol. The Morgan fingerprint density at radius 1 is 0.714 bits per heavy atom. The lowest BCUT2D eigenvalue weighted by molar-refractivity contribution is -0.143. The van der Waals surface area contributed by atoms with Crippen molar-refractivity contribution < 1.29 is 30.7 Å². The third kappa shape index (κ3) is 2.86. The maximum Gasteiger partial charge on any atom is 0.422 e. The Balaban J connectivity index is 2.60. The molecule has 112 valence electrons. The monoisotopic (exact) mass is 308 g/mol. The van der Waals surface area contributed by atoms with Crippen LogP contribution in [0.5, 0.6) is 0 Å². The van der Waals surface area contributed by atoms with Crippen LogP contribution in [0.1, 0.15) is 16.7 Å². The maximum absolute atomic E-state index is 13.6. The highest BCUT2D eigenvalue weighted by Gasteiger charge is 2.42. The molecule has 0 fully saturated rings. The molecule has 0 saturated carbocycles. The van der Waals surface area contributed by atoms with E-state index in [1.54, 1.807) is 6.07 Å². The van der Waals surface area contributed by atoms with Crippen molar-refractivity contribution in [2.75, 3.05) is 0 Å². The molecule has 0 amide bonds. The van der Waals surface area contributed by atoms with Crippen LogP contribution in [0.25, 0.3) is 0 Å². The number of halogens is 7. The van der Waals surface area contributed by atoms with E-state index in [2.05, 4.69) is 0 Å². The summed E-state index contributed by atoms with van der Waals surface area (Å²) in [5, 5.41) is 0. The van der Waals surface area contributed by atoms with Gasteiger partial charge in [0, 0.05) is 12.0 Å². The zero-order chi connectivity index (χ0) is 15.8. The normalized spacial score (nSPS) is 11.8. The van der Waals surface area contributed by atoms with Crippen LogP contribution in [0, 0.1) is 23.3 Å². The molecule has 0 N–H and O–H groups in total. The lowest BCUT2D eigenvalue weighted by atomic mass is 10.0. The van der Waals surface area contributed by atoms with Crippen LogP contribution in [-0.2, 0) is 12.6 Å². The van der Waals surface area contributed by atoms with Gasteiger partial charge in [-0.15, -0.1) is 0 Å². The predicted octanol–water partition coefficient (Wildman–Crippen LogP) is 4.85. The van der Waals surface area contributed by atoms with Crippen molar-refractivity contribution in [1.82, 2.24) is 0 Å². The minimum absolute atomic E-state index is 0.300. The molecule has 0 spiro atoms. The number of rotatable bonds is 2. The van der Waals surface area contributed by atoms with E-state index in [0.29, 0.717) is 5.56 Å². The van der Waals surface area contributed by atoms with Gasteiger partial charge < -0.3 is 0 Å². The molecule has 0 radical (unpaired) electrons. The first-order chi connectivity index (χ1) is 9.73. The van der Waals surface area contributed by atoms with Gasteiger partial charge in [-0.25, -0.2) is 17.6 Å². The molecule has 2 aromatic carbocycles. The highest BCUT2D eigenvalue weighted by atomic mass is 19.4. The van der Waals surface area contributed by atoms with Crippen molar-refractivity contribution in [1.29, 1.82) is 0 Å². The lowest BCUT2D eigenvalue weighted by Crippen LogP contribution is -2.17. The van der Waals surface area contributed by atoms with Crippen molar-refractivity contribution in [3.05, 3.63) is 70.3 Å². The summed E-state index contributed by atoms with van der Waals surface area (Å²) in [5.41, 5.74) is -3.34. The van der Waals surface area contributed by atoms with Crippen molar-refractivity contribution in [3.63, 3.8) is 0 Å². The quantitative estimate of drug-likeness (QED) is 0.549. The second kappa shape index (κ2) is 5.38. The largest absolute Gasteiger partial charge is 0.422 e. The Hall–Kier alpha value is -2.05. The molecule has 0 aliphatic carbocycles. The van der Waals surface area contributed by atoms with Crippen LogP contribution >= 0.6 is 0 Å². The minimum atomic E-state index is -5.53. The molecule has 0 aliphatic rings. The first-order valence-electron chi connectivity index (χ1n) is 5.69. The SMILES string of the molecule is Fc1c(F)c(C(F)(F)F)c(F)c(F)c1Cc1ccccc1. The third-order valence-electron chi connectivity index (χ3n) is 2.86. The molecule has 0 saturated heterocycles. The molecular weight excluding hydrogens is 301 g/mol. The van der Waals surface area contributed by atoms with Gasteiger partial charge in [0.25, 0.3) is 0 Å². The van der Waals surface area contributed by atoms with E-state index in [9.17, 15) is 30.7 Å². The second-order valence-electron chi connectivity index (χ2n) is 4.27. The first kappa shape index (κ1) is 15.3. The Kier molecular flexibility index (Phi) is 3.93. The van der Waals surface area contributed by atoms with Crippen LogP contribution in [0.15, 0.2) is 30.3 Å². The molecule has 2 aromatic rings. The van der Waals surface area contributed by atoms with E-state index in [4.69, 9.17) is 0 Å². The zero-order valence-electron chi connectivity index (χ0n) is 10.2. The Morgan fingerprint density at radius 3 is 1.62 bits per heavy atom. The van der Waals surface area contributed by atoms with E-state index in [-0.39, 0.29) is 0 Å². The van der Waals surface area contributed by atoms with E-state index in [1.165, 1.54) is 24.3 Å². The smallest absolute Gasteiger partial charge is 0.203 e. The Bertz CT molecular complexity index is 630. The fourth-order valence-electron chi connectivity index (χ4n) is 1.88. The van der Waals surface area contributed by atoms with E-state index >= 15 is 0 Å². The van der Waals surface area contributed by atoms with Gasteiger partial charge in [-0.2, -0.15) is 13.2 Å². The van der Waals surface area contributed by atoms with E-state index in [1.807, 2.05) is 0 Å². The van der Waals surface area contributed by atoms with Crippen molar-refractivity contribution in [2.45, 2.75) is 12.6 Å². The lowest BCUT2D eigenvalue weighted by Gasteiger charge is -2.14. The number of alkyl halides is 3. The van der Waals surface area contributed by atoms with Gasteiger partial charge in [-0.05, 0) is 5.56 Å². The van der Waals surface area contributed by atoms with Crippen LogP contribution in [0.2, 0.25) is 0 Å². The molecule has 0 bridgehead atoms. The Morgan fingerprint density at radius 2 is 1.19 bits per heavy atom. The van der Waals surface area contributed by atoms with Gasteiger partial charge in [0.1, 0.15) is 5.56 Å². The van der Waals surface area contributed by atoms with Crippen LogP contribution in [0.4, 0.5) is 30.7 Å². The average Bonchev–Trinajstić information content (AvgIpc) is 2.41. The molecule has 7 heteroatoms. The summed E-state index contributed by atoms with van der Waals surface area (Å²) < 4.78 is 91.3. The van der Waals surface area contributed by atoms with Gasteiger partial charge in [-0.3, -0.25) is 0 Å². The fourth-order valence-corrected chi connectivity index (χ4v) is 1.88. The van der Waals surface area contributed by atoms with Gasteiger partial charge in [0.2, 0.25) is 0 Å². The summed E-state index contributed by atoms with van der Waals surface area (Å²) in [6.07, 6.45) is -6.09. The van der Waals surface area contributed by atoms with Crippen molar-refractivity contribution in [2.24, 2.45) is 0 Å². The summed E-state index contributed by atoms with van der Waals surface area (Å²) in [4.78, 5) is 0. The number of hydrogen-bond acceptors (Lipinski definition) is 0. The van der Waals surface area contributed by atoms with Gasteiger partial charge in [0.05, 0.1) is 0 Å². The summed E-state index contributed by atoms with van der Waals surface area (Å²) >= 11 is 0. The van der Waals surface area contributed by atoms with Crippen LogP contribution in [-0.4, -0.2) is 0 Å². The first-order valence-corrected chi connectivity index (χ1v) is 5.69. The molecule has 21 heavy (non-hydrogen) atoms. The summed E-state index contributed by atoms with van der Waals surface area (Å²) in [5.74, 6) is -8.95. The van der Waals surface area contributed by atoms with Crippen LogP contribution < -0.4 is 0 Å². The number of hydrogen-bond donors (Lipinski definition) is 0. The Labute approximate surface area is 114 Å². The highest BCUT2D eigenvalue weighted by molar-refractivity contribution is 5.35. The zero-order valence-corrected chi connectivity index (χ0v) is 10.2. The second-order valence-corrected chi connectivity index (χ2v) is 4.27.